The molecule has 0 saturated carbocycles. The maximum absolute atomic E-state index is 13.1. The number of hydrogen-bond acceptors (Lipinski definition) is 2. The van der Waals surface area contributed by atoms with Gasteiger partial charge in [0.1, 0.15) is 11.9 Å². The number of hydrogen-bond donors (Lipinski definition) is 3. The topological polar surface area (TPSA) is 78.4 Å². The van der Waals surface area contributed by atoms with Crippen molar-refractivity contribution in [1.29, 1.82) is 0 Å². The van der Waals surface area contributed by atoms with Crippen molar-refractivity contribution in [3.05, 3.63) is 28.5 Å². The summed E-state index contributed by atoms with van der Waals surface area (Å²) in [6, 6.07) is 2.27. The van der Waals surface area contributed by atoms with Crippen LogP contribution in [0.3, 0.4) is 0 Å². The van der Waals surface area contributed by atoms with E-state index < -0.39 is 29.3 Å². The van der Waals surface area contributed by atoms with Gasteiger partial charge in [0.05, 0.1) is 4.47 Å². The largest absolute Gasteiger partial charge is 0.480 e. The quantitative estimate of drug-likeness (QED) is 0.786. The fraction of sp³-hybridized carbons (Fsp3) is 0.385. The first-order valence-corrected chi connectivity index (χ1v) is 6.66. The predicted molar refractivity (Wildman–Crippen MR) is 77.1 cm³/mol. The van der Waals surface area contributed by atoms with E-state index in [9.17, 15) is 14.0 Å². The van der Waals surface area contributed by atoms with Crippen molar-refractivity contribution in [2.45, 2.75) is 26.8 Å². The lowest BCUT2D eigenvalue weighted by Gasteiger charge is -2.27. The fourth-order valence-corrected chi connectivity index (χ4v) is 1.90. The maximum Gasteiger partial charge on any atom is 0.326 e. The van der Waals surface area contributed by atoms with Gasteiger partial charge in [-0.25, -0.2) is 14.0 Å². The van der Waals surface area contributed by atoms with Crippen molar-refractivity contribution in [2.24, 2.45) is 5.41 Å². The summed E-state index contributed by atoms with van der Waals surface area (Å²) >= 11 is 3.00. The van der Waals surface area contributed by atoms with Gasteiger partial charge in [-0.15, -0.1) is 0 Å². The van der Waals surface area contributed by atoms with Gasteiger partial charge in [0.15, 0.2) is 0 Å². The SMILES string of the molecule is CC(C)(C)[C@H](NC(=O)Nc1ccc(F)c(Br)c1)C(=O)O. The van der Waals surface area contributed by atoms with E-state index >= 15 is 0 Å². The van der Waals surface area contributed by atoms with Crippen molar-refractivity contribution in [2.75, 3.05) is 5.32 Å². The molecule has 2 amide bonds. The molecule has 0 saturated heterocycles. The number of benzene rings is 1. The van der Waals surface area contributed by atoms with Gasteiger partial charge in [-0.1, -0.05) is 20.8 Å². The van der Waals surface area contributed by atoms with Crippen molar-refractivity contribution in [3.63, 3.8) is 0 Å². The van der Waals surface area contributed by atoms with Crippen LogP contribution in [0.2, 0.25) is 0 Å². The number of amides is 2. The minimum atomic E-state index is -1.12. The molecule has 0 radical (unpaired) electrons. The van der Waals surface area contributed by atoms with Gasteiger partial charge in [0, 0.05) is 5.69 Å². The lowest BCUT2D eigenvalue weighted by atomic mass is 9.87. The molecule has 1 aromatic rings. The molecule has 0 aliphatic heterocycles. The first-order valence-electron chi connectivity index (χ1n) is 5.86. The van der Waals surface area contributed by atoms with Gasteiger partial charge >= 0.3 is 12.0 Å². The average molecular weight is 347 g/mol. The average Bonchev–Trinajstić information content (AvgIpc) is 2.29. The molecule has 1 rings (SSSR count). The number of nitrogens with one attached hydrogen (secondary N) is 2. The van der Waals surface area contributed by atoms with Gasteiger partial charge in [-0.05, 0) is 39.5 Å². The van der Waals surface area contributed by atoms with E-state index in [0.717, 1.165) is 0 Å². The number of aliphatic carboxylic acids is 1. The van der Waals surface area contributed by atoms with Gasteiger partial charge in [0.25, 0.3) is 0 Å². The fourth-order valence-electron chi connectivity index (χ4n) is 1.52. The minimum absolute atomic E-state index is 0.209. The van der Waals surface area contributed by atoms with Crippen molar-refractivity contribution >= 4 is 33.6 Å². The highest BCUT2D eigenvalue weighted by atomic mass is 79.9. The Morgan fingerprint density at radius 1 is 1.35 bits per heavy atom. The molecule has 7 heteroatoms. The molecule has 0 aromatic heterocycles. The Labute approximate surface area is 124 Å². The third-order valence-corrected chi connectivity index (χ3v) is 3.17. The molecule has 0 aliphatic carbocycles. The Bertz CT molecular complexity index is 529. The Morgan fingerprint density at radius 2 is 1.95 bits per heavy atom. The number of carboxylic acids is 1. The number of anilines is 1. The predicted octanol–water partition coefficient (Wildman–Crippen LogP) is 3.21. The molecule has 0 bridgehead atoms. The summed E-state index contributed by atoms with van der Waals surface area (Å²) in [4.78, 5) is 22.9. The first kappa shape index (κ1) is 16.4. The number of carbonyl (C=O) groups is 2. The molecule has 5 nitrogen and oxygen atoms in total. The maximum atomic E-state index is 13.1. The molecule has 1 aromatic carbocycles. The molecular weight excluding hydrogens is 331 g/mol. The highest BCUT2D eigenvalue weighted by molar-refractivity contribution is 9.10. The Balaban J connectivity index is 2.76. The van der Waals surface area contributed by atoms with E-state index in [-0.39, 0.29) is 4.47 Å². The monoisotopic (exact) mass is 346 g/mol. The third-order valence-electron chi connectivity index (χ3n) is 2.57. The lowest BCUT2D eigenvalue weighted by Crippen LogP contribution is -2.50. The number of rotatable bonds is 3. The number of halogens is 2. The Morgan fingerprint density at radius 3 is 2.40 bits per heavy atom. The summed E-state index contributed by atoms with van der Waals surface area (Å²) in [7, 11) is 0. The zero-order valence-electron chi connectivity index (χ0n) is 11.3. The summed E-state index contributed by atoms with van der Waals surface area (Å²) in [6.45, 7) is 5.13. The van der Waals surface area contributed by atoms with Gasteiger partial charge in [-0.3, -0.25) is 0 Å². The van der Waals surface area contributed by atoms with Crippen LogP contribution in [0.5, 0.6) is 0 Å². The van der Waals surface area contributed by atoms with E-state index in [0.29, 0.717) is 5.69 Å². The van der Waals surface area contributed by atoms with E-state index in [1.165, 1.54) is 18.2 Å². The van der Waals surface area contributed by atoms with E-state index in [2.05, 4.69) is 26.6 Å². The van der Waals surface area contributed by atoms with Crippen molar-refractivity contribution in [1.82, 2.24) is 5.32 Å². The molecule has 20 heavy (non-hydrogen) atoms. The summed E-state index contributed by atoms with van der Waals surface area (Å²) < 4.78 is 13.3. The van der Waals surface area contributed by atoms with Gasteiger partial charge in [0.2, 0.25) is 0 Å². The van der Waals surface area contributed by atoms with E-state index in [4.69, 9.17) is 5.11 Å². The summed E-state index contributed by atoms with van der Waals surface area (Å²) in [6.07, 6.45) is 0. The van der Waals surface area contributed by atoms with E-state index in [1.807, 2.05) is 0 Å². The smallest absolute Gasteiger partial charge is 0.326 e. The van der Waals surface area contributed by atoms with Crippen LogP contribution >= 0.6 is 15.9 Å². The summed E-state index contributed by atoms with van der Waals surface area (Å²) in [5.74, 6) is -1.57. The Hall–Kier alpha value is -1.63. The zero-order chi connectivity index (χ0) is 15.5. The van der Waals surface area contributed by atoms with Gasteiger partial charge < -0.3 is 15.7 Å². The van der Waals surface area contributed by atoms with Gasteiger partial charge in [-0.2, -0.15) is 0 Å². The molecule has 0 spiro atoms. The molecule has 0 heterocycles. The van der Waals surface area contributed by atoms with Crippen LogP contribution in [0.4, 0.5) is 14.9 Å². The molecule has 0 unspecified atom stereocenters. The number of carbonyl (C=O) groups excluding carboxylic acids is 1. The van der Waals surface area contributed by atoms with E-state index in [1.54, 1.807) is 20.8 Å². The molecule has 3 N–H and O–H groups in total. The molecule has 110 valence electrons. The lowest BCUT2D eigenvalue weighted by molar-refractivity contribution is -0.141. The van der Waals surface area contributed by atoms with Crippen LogP contribution in [-0.4, -0.2) is 23.1 Å². The highest BCUT2D eigenvalue weighted by Crippen LogP contribution is 2.21. The molecule has 0 aliphatic rings. The first-order chi connectivity index (χ1) is 9.11. The van der Waals surface area contributed by atoms with Crippen LogP contribution in [-0.2, 0) is 4.79 Å². The minimum Gasteiger partial charge on any atom is -0.480 e. The Kier molecular flexibility index (Phi) is 5.10. The van der Waals surface area contributed by atoms with Crippen LogP contribution < -0.4 is 10.6 Å². The number of carboxylic acid groups (broad SMARTS) is 1. The van der Waals surface area contributed by atoms with Crippen molar-refractivity contribution < 1.29 is 19.1 Å². The van der Waals surface area contributed by atoms with Crippen LogP contribution in [0.25, 0.3) is 0 Å². The zero-order valence-corrected chi connectivity index (χ0v) is 12.9. The van der Waals surface area contributed by atoms with Crippen LogP contribution in [0.15, 0.2) is 22.7 Å². The second-order valence-corrected chi connectivity index (χ2v) is 6.22. The molecule has 1 atom stereocenters. The third kappa shape index (κ3) is 4.48. The van der Waals surface area contributed by atoms with Crippen LogP contribution in [0, 0.1) is 11.2 Å². The van der Waals surface area contributed by atoms with Crippen molar-refractivity contribution in [3.8, 4) is 0 Å². The number of urea groups is 1. The van der Waals surface area contributed by atoms with Crippen LogP contribution in [0.1, 0.15) is 20.8 Å². The molecule has 0 fully saturated rings. The highest BCUT2D eigenvalue weighted by Gasteiger charge is 2.32. The second kappa shape index (κ2) is 6.21. The molecular formula is C13H16BrFN2O3. The second-order valence-electron chi connectivity index (χ2n) is 5.36. The summed E-state index contributed by atoms with van der Waals surface area (Å²) in [5.41, 5.74) is -0.277. The standard InChI is InChI=1S/C13H16BrFN2O3/c1-13(2,3)10(11(18)19)17-12(20)16-7-4-5-9(15)8(14)6-7/h4-6,10H,1-3H3,(H,18,19)(H2,16,17,20)/t10-/m1/s1. The summed E-state index contributed by atoms with van der Waals surface area (Å²) in [5, 5.41) is 13.9. The normalized spacial score (nSPS) is 12.7.